The van der Waals surface area contributed by atoms with Crippen LogP contribution in [0.25, 0.3) is 0 Å². The molecule has 1 aliphatic heterocycles. The van der Waals surface area contributed by atoms with Crippen molar-refractivity contribution >= 4 is 10.2 Å². The molecule has 0 saturated carbocycles. The van der Waals surface area contributed by atoms with E-state index < -0.39 is 10.2 Å². The Balaban J connectivity index is 3.08. The second kappa shape index (κ2) is 3.90. The fraction of sp³-hybridized carbons (Fsp3) is 0.778. The Morgan fingerprint density at radius 2 is 1.71 bits per heavy atom. The Kier molecular flexibility index (Phi) is 3.21. The quantitative estimate of drug-likeness (QED) is 0.726. The van der Waals surface area contributed by atoms with E-state index in [0.29, 0.717) is 12.5 Å². The first-order valence-electron chi connectivity index (χ1n) is 4.84. The van der Waals surface area contributed by atoms with Gasteiger partial charge < -0.3 is 0 Å². The second-order valence-corrected chi connectivity index (χ2v) is 5.67. The smallest absolute Gasteiger partial charge is 0.275 e. The van der Waals surface area contributed by atoms with Gasteiger partial charge in [0, 0.05) is 12.2 Å². The molecule has 0 spiro atoms. The second-order valence-electron chi connectivity index (χ2n) is 4.17. The summed E-state index contributed by atoms with van der Waals surface area (Å²) in [5, 5.41) is 0. The summed E-state index contributed by atoms with van der Waals surface area (Å²) in [6, 6.07) is 0. The molecule has 82 valence electrons. The van der Waals surface area contributed by atoms with E-state index in [2.05, 4.69) is 23.3 Å². The number of hydrogen-bond acceptors (Lipinski definition) is 2. The van der Waals surface area contributed by atoms with Crippen LogP contribution in [0.5, 0.6) is 0 Å². The summed E-state index contributed by atoms with van der Waals surface area (Å²) in [5.74, 6) is 0.576. The maximum atomic E-state index is 11.3. The molecule has 0 saturated heterocycles. The van der Waals surface area contributed by atoms with Gasteiger partial charge in [-0.3, -0.25) is 4.72 Å². The van der Waals surface area contributed by atoms with Gasteiger partial charge in [-0.05, 0) is 17.4 Å². The van der Waals surface area contributed by atoms with Crippen LogP contribution in [-0.4, -0.2) is 15.0 Å². The lowest BCUT2D eigenvalue weighted by atomic mass is 9.96. The summed E-state index contributed by atoms with van der Waals surface area (Å²) in [5.41, 5.74) is 1.99. The fourth-order valence-electron chi connectivity index (χ4n) is 1.52. The Morgan fingerprint density at radius 1 is 1.14 bits per heavy atom. The Bertz CT molecular complexity index is 342. The zero-order valence-corrected chi connectivity index (χ0v) is 9.90. The van der Waals surface area contributed by atoms with Crippen LogP contribution in [0.4, 0.5) is 0 Å². The van der Waals surface area contributed by atoms with Crippen molar-refractivity contribution in [3.8, 4) is 0 Å². The minimum atomic E-state index is -3.30. The van der Waals surface area contributed by atoms with Gasteiger partial charge in [0.2, 0.25) is 0 Å². The molecule has 0 atom stereocenters. The van der Waals surface area contributed by atoms with Crippen LogP contribution in [-0.2, 0) is 10.2 Å². The van der Waals surface area contributed by atoms with Crippen molar-refractivity contribution in [2.75, 3.05) is 6.54 Å². The van der Waals surface area contributed by atoms with Crippen LogP contribution in [0.15, 0.2) is 11.3 Å². The zero-order chi connectivity index (χ0) is 10.9. The third-order valence-electron chi connectivity index (χ3n) is 2.32. The lowest BCUT2D eigenvalue weighted by molar-refractivity contribution is 0.547. The third kappa shape index (κ3) is 2.48. The first-order chi connectivity index (χ1) is 6.33. The Labute approximate surface area is 86.0 Å². The van der Waals surface area contributed by atoms with Gasteiger partial charge in [0.15, 0.2) is 0 Å². The van der Waals surface area contributed by atoms with Crippen LogP contribution in [0.1, 0.15) is 27.7 Å². The predicted octanol–water partition coefficient (Wildman–Crippen LogP) is 0.990. The molecule has 14 heavy (non-hydrogen) atoms. The van der Waals surface area contributed by atoms with Gasteiger partial charge in [0.05, 0.1) is 0 Å². The summed E-state index contributed by atoms with van der Waals surface area (Å²) < 4.78 is 27.6. The third-order valence-corrected chi connectivity index (χ3v) is 3.33. The molecule has 1 heterocycles. The molecule has 0 unspecified atom stereocenters. The number of allylic oxidation sites excluding steroid dienone is 1. The highest BCUT2D eigenvalue weighted by Gasteiger charge is 2.24. The first-order valence-corrected chi connectivity index (χ1v) is 6.32. The highest BCUT2D eigenvalue weighted by atomic mass is 32.2. The van der Waals surface area contributed by atoms with Crippen molar-refractivity contribution in [3.05, 3.63) is 11.3 Å². The van der Waals surface area contributed by atoms with E-state index in [1.807, 2.05) is 13.8 Å². The highest BCUT2D eigenvalue weighted by molar-refractivity contribution is 7.87. The number of rotatable bonds is 2. The van der Waals surface area contributed by atoms with Crippen LogP contribution < -0.4 is 9.44 Å². The van der Waals surface area contributed by atoms with E-state index in [4.69, 9.17) is 0 Å². The molecule has 2 N–H and O–H groups in total. The molecular weight excluding hydrogens is 200 g/mol. The van der Waals surface area contributed by atoms with Gasteiger partial charge in [-0.2, -0.15) is 13.1 Å². The molecule has 0 bridgehead atoms. The van der Waals surface area contributed by atoms with Gasteiger partial charge in [-0.1, -0.05) is 27.7 Å². The summed E-state index contributed by atoms with van der Waals surface area (Å²) >= 11 is 0. The molecular formula is C9H18N2O2S. The molecule has 0 aliphatic carbocycles. The maximum absolute atomic E-state index is 11.3. The normalized spacial score (nSPS) is 21.6. The first kappa shape index (κ1) is 11.5. The molecule has 0 aromatic carbocycles. The van der Waals surface area contributed by atoms with Crippen molar-refractivity contribution in [2.45, 2.75) is 27.7 Å². The summed E-state index contributed by atoms with van der Waals surface area (Å²) in [7, 11) is -3.30. The SMILES string of the molecule is CC(C)C1=C(C(C)C)NS(=O)(=O)NC1. The molecule has 0 amide bonds. The van der Waals surface area contributed by atoms with Crippen LogP contribution in [0.3, 0.4) is 0 Å². The minimum absolute atomic E-state index is 0.212. The van der Waals surface area contributed by atoms with Gasteiger partial charge in [0.25, 0.3) is 10.2 Å². The van der Waals surface area contributed by atoms with Crippen LogP contribution >= 0.6 is 0 Å². The van der Waals surface area contributed by atoms with Gasteiger partial charge in [-0.25, -0.2) is 0 Å². The minimum Gasteiger partial charge on any atom is -0.275 e. The zero-order valence-electron chi connectivity index (χ0n) is 9.09. The highest BCUT2D eigenvalue weighted by Crippen LogP contribution is 2.21. The van der Waals surface area contributed by atoms with Crippen molar-refractivity contribution in [2.24, 2.45) is 11.8 Å². The van der Waals surface area contributed by atoms with Crippen molar-refractivity contribution in [1.29, 1.82) is 0 Å². The van der Waals surface area contributed by atoms with E-state index in [1.54, 1.807) is 0 Å². The molecule has 1 rings (SSSR count). The van der Waals surface area contributed by atoms with E-state index in [1.165, 1.54) is 0 Å². The Hall–Kier alpha value is -0.550. The molecule has 0 fully saturated rings. The van der Waals surface area contributed by atoms with E-state index in [0.717, 1.165) is 11.3 Å². The number of hydrogen-bond donors (Lipinski definition) is 2. The lowest BCUT2D eigenvalue weighted by Gasteiger charge is -2.27. The lowest BCUT2D eigenvalue weighted by Crippen LogP contribution is -2.44. The largest absolute Gasteiger partial charge is 0.299 e. The van der Waals surface area contributed by atoms with E-state index in [9.17, 15) is 8.42 Å². The molecule has 1 aliphatic rings. The van der Waals surface area contributed by atoms with Crippen molar-refractivity contribution in [1.82, 2.24) is 9.44 Å². The molecule has 4 nitrogen and oxygen atoms in total. The van der Waals surface area contributed by atoms with Crippen molar-refractivity contribution in [3.63, 3.8) is 0 Å². The topological polar surface area (TPSA) is 58.2 Å². The van der Waals surface area contributed by atoms with Gasteiger partial charge in [-0.15, -0.1) is 0 Å². The standard InChI is InChI=1S/C9H18N2O2S/c1-6(2)8-5-10-14(12,13)11-9(8)7(3)4/h6-7,10-11H,5H2,1-4H3. The van der Waals surface area contributed by atoms with Crippen molar-refractivity contribution < 1.29 is 8.42 Å². The van der Waals surface area contributed by atoms with E-state index >= 15 is 0 Å². The monoisotopic (exact) mass is 218 g/mol. The molecule has 0 aromatic heterocycles. The predicted molar refractivity (Wildman–Crippen MR) is 56.8 cm³/mol. The molecule has 0 radical (unpaired) electrons. The summed E-state index contributed by atoms with van der Waals surface area (Å²) in [4.78, 5) is 0. The van der Waals surface area contributed by atoms with Gasteiger partial charge >= 0.3 is 0 Å². The van der Waals surface area contributed by atoms with E-state index in [-0.39, 0.29) is 5.92 Å². The summed E-state index contributed by atoms with van der Waals surface area (Å²) in [6.45, 7) is 8.55. The number of nitrogens with one attached hydrogen (secondary N) is 2. The average molecular weight is 218 g/mol. The summed E-state index contributed by atoms with van der Waals surface area (Å²) in [6.07, 6.45) is 0. The molecule has 5 heteroatoms. The average Bonchev–Trinajstić information content (AvgIpc) is 2.01. The Morgan fingerprint density at radius 3 is 2.14 bits per heavy atom. The fourth-order valence-corrected chi connectivity index (χ4v) is 2.59. The molecule has 0 aromatic rings. The van der Waals surface area contributed by atoms with Crippen LogP contribution in [0, 0.1) is 11.8 Å². The van der Waals surface area contributed by atoms with Gasteiger partial charge in [0.1, 0.15) is 0 Å². The maximum Gasteiger partial charge on any atom is 0.299 e. The van der Waals surface area contributed by atoms with Crippen LogP contribution in [0.2, 0.25) is 0 Å².